The molecule has 3 N–H and O–H groups in total. The molecule has 2 aromatic carbocycles. The number of aryl methyl sites for hydroxylation is 1. The first-order valence-corrected chi connectivity index (χ1v) is 7.15. The topological polar surface area (TPSA) is 63.3 Å². The van der Waals surface area contributed by atoms with Gasteiger partial charge < -0.3 is 10.8 Å². The van der Waals surface area contributed by atoms with E-state index in [1.807, 2.05) is 37.3 Å². The Morgan fingerprint density at radius 3 is 2.42 bits per heavy atom. The lowest BCUT2D eigenvalue weighted by Crippen LogP contribution is -2.04. The zero-order valence-electron chi connectivity index (χ0n) is 10.2. The summed E-state index contributed by atoms with van der Waals surface area (Å²) in [6.45, 7) is 1.81. The number of hydrogen-bond acceptors (Lipinski definition) is 3. The van der Waals surface area contributed by atoms with Crippen LogP contribution in [0.5, 0.6) is 0 Å². The monoisotopic (exact) mass is 337 g/mol. The molecule has 98 valence electrons. The van der Waals surface area contributed by atoms with E-state index in [9.17, 15) is 4.79 Å². The number of nitrogen functional groups attached to an aromatic ring is 1. The molecule has 5 heteroatoms. The molecule has 0 saturated heterocycles. The summed E-state index contributed by atoms with van der Waals surface area (Å²) in [6.07, 6.45) is 0. The van der Waals surface area contributed by atoms with E-state index in [0.717, 1.165) is 19.8 Å². The van der Waals surface area contributed by atoms with Crippen LogP contribution in [0.25, 0.3) is 0 Å². The Morgan fingerprint density at radius 1 is 1.21 bits per heavy atom. The molecule has 0 saturated carbocycles. The third-order valence-electron chi connectivity index (χ3n) is 2.64. The van der Waals surface area contributed by atoms with Gasteiger partial charge in [-0.2, -0.15) is 0 Å². The first-order valence-electron chi connectivity index (χ1n) is 5.54. The highest BCUT2D eigenvalue weighted by molar-refractivity contribution is 9.10. The van der Waals surface area contributed by atoms with Gasteiger partial charge in [-0.25, -0.2) is 4.79 Å². The van der Waals surface area contributed by atoms with Gasteiger partial charge in [0.05, 0.1) is 5.56 Å². The van der Waals surface area contributed by atoms with Crippen molar-refractivity contribution in [2.75, 3.05) is 5.73 Å². The van der Waals surface area contributed by atoms with E-state index in [-0.39, 0.29) is 5.56 Å². The Balaban J connectivity index is 2.35. The van der Waals surface area contributed by atoms with Gasteiger partial charge in [0.1, 0.15) is 0 Å². The van der Waals surface area contributed by atoms with Gasteiger partial charge in [-0.1, -0.05) is 27.7 Å². The number of rotatable bonds is 3. The summed E-state index contributed by atoms with van der Waals surface area (Å²) in [7, 11) is 0. The Hall–Kier alpha value is -1.46. The molecule has 19 heavy (non-hydrogen) atoms. The molecule has 0 radical (unpaired) electrons. The molecule has 0 unspecified atom stereocenters. The second-order valence-corrected chi connectivity index (χ2v) is 6.13. The Labute approximate surface area is 124 Å². The van der Waals surface area contributed by atoms with Crippen LogP contribution >= 0.6 is 27.7 Å². The molecule has 0 aliphatic carbocycles. The summed E-state index contributed by atoms with van der Waals surface area (Å²) >= 11 is 4.89. The second-order valence-electron chi connectivity index (χ2n) is 4.06. The predicted octanol–water partition coefficient (Wildman–Crippen LogP) is 4.19. The molecular formula is C14H12BrNO2S. The molecule has 0 aliphatic rings. The standard InChI is InChI=1S/C14H12BrNO2S/c1-8-6-11(7-12(13(8)16)14(17)18)19-10-4-2-9(15)3-5-10/h2-7H,16H2,1H3,(H,17,18). The normalized spacial score (nSPS) is 10.4. The minimum Gasteiger partial charge on any atom is -0.478 e. The minimum atomic E-state index is -1.00. The summed E-state index contributed by atoms with van der Waals surface area (Å²) in [5.41, 5.74) is 7.03. The lowest BCUT2D eigenvalue weighted by atomic mass is 10.1. The third-order valence-corrected chi connectivity index (χ3v) is 4.15. The van der Waals surface area contributed by atoms with Gasteiger partial charge in [0.25, 0.3) is 0 Å². The van der Waals surface area contributed by atoms with Crippen molar-refractivity contribution < 1.29 is 9.90 Å². The van der Waals surface area contributed by atoms with E-state index in [2.05, 4.69) is 15.9 Å². The number of anilines is 1. The van der Waals surface area contributed by atoms with Crippen LogP contribution in [-0.4, -0.2) is 11.1 Å². The zero-order chi connectivity index (χ0) is 14.0. The summed E-state index contributed by atoms with van der Waals surface area (Å²) < 4.78 is 1.01. The number of halogens is 1. The maximum atomic E-state index is 11.1. The van der Waals surface area contributed by atoms with E-state index in [0.29, 0.717) is 5.69 Å². The Kier molecular flexibility index (Phi) is 4.17. The number of carbonyl (C=O) groups is 1. The van der Waals surface area contributed by atoms with Gasteiger partial charge in [0, 0.05) is 20.0 Å². The molecule has 0 amide bonds. The number of benzene rings is 2. The van der Waals surface area contributed by atoms with Gasteiger partial charge in [-0.3, -0.25) is 0 Å². The first kappa shape index (κ1) is 14.0. The first-order chi connectivity index (χ1) is 8.97. The van der Waals surface area contributed by atoms with E-state index in [1.165, 1.54) is 11.8 Å². The highest BCUT2D eigenvalue weighted by atomic mass is 79.9. The predicted molar refractivity (Wildman–Crippen MR) is 80.8 cm³/mol. The Morgan fingerprint density at radius 2 is 1.84 bits per heavy atom. The maximum Gasteiger partial charge on any atom is 0.337 e. The number of nitrogens with two attached hydrogens (primary N) is 1. The third kappa shape index (κ3) is 3.30. The molecule has 0 bridgehead atoms. The van der Waals surface area contributed by atoms with Crippen molar-refractivity contribution in [3.05, 3.63) is 52.0 Å². The van der Waals surface area contributed by atoms with Crippen molar-refractivity contribution in [1.82, 2.24) is 0 Å². The summed E-state index contributed by atoms with van der Waals surface area (Å²) in [4.78, 5) is 13.0. The van der Waals surface area contributed by atoms with E-state index in [4.69, 9.17) is 10.8 Å². The largest absolute Gasteiger partial charge is 0.478 e. The quantitative estimate of drug-likeness (QED) is 0.824. The molecule has 0 atom stereocenters. The van der Waals surface area contributed by atoms with Crippen molar-refractivity contribution >= 4 is 39.3 Å². The zero-order valence-corrected chi connectivity index (χ0v) is 12.6. The fraction of sp³-hybridized carbons (Fsp3) is 0.0714. The molecule has 0 heterocycles. The SMILES string of the molecule is Cc1cc(Sc2ccc(Br)cc2)cc(C(=O)O)c1N. The molecule has 3 nitrogen and oxygen atoms in total. The molecular weight excluding hydrogens is 326 g/mol. The fourth-order valence-electron chi connectivity index (χ4n) is 1.64. The molecule has 0 aromatic heterocycles. The van der Waals surface area contributed by atoms with E-state index in [1.54, 1.807) is 6.07 Å². The second kappa shape index (κ2) is 5.67. The van der Waals surface area contributed by atoms with E-state index >= 15 is 0 Å². The molecule has 2 aromatic rings. The average Bonchev–Trinajstić information content (AvgIpc) is 2.36. The Bertz CT molecular complexity index is 626. The minimum absolute atomic E-state index is 0.152. The van der Waals surface area contributed by atoms with Gasteiger partial charge in [0.2, 0.25) is 0 Å². The molecule has 0 aliphatic heterocycles. The lowest BCUT2D eigenvalue weighted by molar-refractivity contribution is 0.0697. The number of carboxylic acid groups (broad SMARTS) is 1. The van der Waals surface area contributed by atoms with Crippen LogP contribution in [0.15, 0.2) is 50.7 Å². The summed E-state index contributed by atoms with van der Waals surface area (Å²) in [5, 5.41) is 9.12. The van der Waals surface area contributed by atoms with Crippen LogP contribution in [0.4, 0.5) is 5.69 Å². The number of carboxylic acids is 1. The van der Waals surface area contributed by atoms with Gasteiger partial charge in [-0.15, -0.1) is 0 Å². The molecule has 2 rings (SSSR count). The van der Waals surface area contributed by atoms with Crippen LogP contribution < -0.4 is 5.73 Å². The number of aromatic carboxylic acids is 1. The van der Waals surface area contributed by atoms with Crippen LogP contribution in [0.1, 0.15) is 15.9 Å². The molecule has 0 fully saturated rings. The van der Waals surface area contributed by atoms with Crippen LogP contribution in [0.2, 0.25) is 0 Å². The van der Waals surface area contributed by atoms with Gasteiger partial charge in [0.15, 0.2) is 0 Å². The fourth-order valence-corrected chi connectivity index (χ4v) is 2.86. The summed E-state index contributed by atoms with van der Waals surface area (Å²) in [6, 6.07) is 11.4. The van der Waals surface area contributed by atoms with E-state index < -0.39 is 5.97 Å². The number of hydrogen-bond donors (Lipinski definition) is 2. The maximum absolute atomic E-state index is 11.1. The van der Waals surface area contributed by atoms with Crippen molar-refractivity contribution in [1.29, 1.82) is 0 Å². The summed E-state index contributed by atoms with van der Waals surface area (Å²) in [5.74, 6) is -1.00. The van der Waals surface area contributed by atoms with Crippen LogP contribution in [-0.2, 0) is 0 Å². The van der Waals surface area contributed by atoms with Crippen molar-refractivity contribution in [3.8, 4) is 0 Å². The average molecular weight is 338 g/mol. The van der Waals surface area contributed by atoms with Crippen LogP contribution in [0.3, 0.4) is 0 Å². The smallest absolute Gasteiger partial charge is 0.337 e. The van der Waals surface area contributed by atoms with Crippen molar-refractivity contribution in [2.45, 2.75) is 16.7 Å². The van der Waals surface area contributed by atoms with Gasteiger partial charge in [-0.05, 0) is 48.9 Å². The lowest BCUT2D eigenvalue weighted by Gasteiger charge is -2.09. The molecule has 0 spiro atoms. The van der Waals surface area contributed by atoms with Gasteiger partial charge >= 0.3 is 5.97 Å². The van der Waals surface area contributed by atoms with Crippen molar-refractivity contribution in [3.63, 3.8) is 0 Å². The highest BCUT2D eigenvalue weighted by Gasteiger charge is 2.12. The van der Waals surface area contributed by atoms with Crippen LogP contribution in [0, 0.1) is 6.92 Å². The highest BCUT2D eigenvalue weighted by Crippen LogP contribution is 2.32. The van der Waals surface area contributed by atoms with Crippen molar-refractivity contribution in [2.24, 2.45) is 0 Å².